The Hall–Kier alpha value is -1.97. The second-order valence-electron chi connectivity index (χ2n) is 4.33. The number of hydrogen-bond donors (Lipinski definition) is 2. The van der Waals surface area contributed by atoms with Crippen molar-refractivity contribution in [3.05, 3.63) is 64.3 Å². The van der Waals surface area contributed by atoms with Crippen LogP contribution in [0.15, 0.2) is 48.7 Å². The van der Waals surface area contributed by atoms with E-state index in [4.69, 9.17) is 23.2 Å². The minimum absolute atomic E-state index is 0.253. The maximum absolute atomic E-state index is 12.2. The number of aromatic nitrogens is 1. The van der Waals surface area contributed by atoms with Gasteiger partial charge in [-0.1, -0.05) is 35.3 Å². The number of hydrogen-bond acceptors (Lipinski definition) is 1. The van der Waals surface area contributed by atoms with Gasteiger partial charge < -0.3 is 10.3 Å². The average Bonchev–Trinajstić information content (AvgIpc) is 2.90. The maximum Gasteiger partial charge on any atom is 0.255 e. The van der Waals surface area contributed by atoms with Gasteiger partial charge in [-0.3, -0.25) is 4.79 Å². The molecule has 1 aromatic heterocycles. The van der Waals surface area contributed by atoms with Crippen LogP contribution in [-0.2, 0) is 0 Å². The summed E-state index contributed by atoms with van der Waals surface area (Å²) >= 11 is 12.1. The lowest BCUT2D eigenvalue weighted by atomic mass is 10.1. The molecule has 0 atom stereocenters. The molecule has 100 valence electrons. The molecule has 0 saturated carbocycles. The lowest BCUT2D eigenvalue weighted by molar-refractivity contribution is 0.102. The third-order valence-electron chi connectivity index (χ3n) is 3.02. The van der Waals surface area contributed by atoms with Gasteiger partial charge in [-0.25, -0.2) is 0 Å². The van der Waals surface area contributed by atoms with Crippen molar-refractivity contribution < 1.29 is 4.79 Å². The molecule has 20 heavy (non-hydrogen) atoms. The first-order valence-corrected chi connectivity index (χ1v) is 6.73. The highest BCUT2D eigenvalue weighted by Gasteiger charge is 2.12. The Morgan fingerprint density at radius 1 is 1.05 bits per heavy atom. The average molecular weight is 305 g/mol. The summed E-state index contributed by atoms with van der Waals surface area (Å²) in [6, 6.07) is 12.5. The van der Waals surface area contributed by atoms with Gasteiger partial charge in [0.25, 0.3) is 5.91 Å². The van der Waals surface area contributed by atoms with E-state index in [-0.39, 0.29) is 5.91 Å². The van der Waals surface area contributed by atoms with E-state index in [0.29, 0.717) is 21.3 Å². The number of amides is 1. The highest BCUT2D eigenvalue weighted by atomic mass is 35.5. The largest absolute Gasteiger partial charge is 0.361 e. The number of rotatable bonds is 2. The number of fused-ring (bicyclic) bond motifs is 1. The lowest BCUT2D eigenvalue weighted by Gasteiger charge is -2.09. The molecular formula is C15H10Cl2N2O. The minimum Gasteiger partial charge on any atom is -0.361 e. The molecular weight excluding hydrogens is 295 g/mol. The molecule has 0 bridgehead atoms. The summed E-state index contributed by atoms with van der Waals surface area (Å²) in [5, 5.41) is 4.61. The predicted octanol–water partition coefficient (Wildman–Crippen LogP) is 4.73. The van der Waals surface area contributed by atoms with Gasteiger partial charge >= 0.3 is 0 Å². The van der Waals surface area contributed by atoms with Crippen molar-refractivity contribution in [3.63, 3.8) is 0 Å². The summed E-state index contributed by atoms with van der Waals surface area (Å²) in [6.45, 7) is 0. The fourth-order valence-corrected chi connectivity index (χ4v) is 2.48. The van der Waals surface area contributed by atoms with Crippen molar-refractivity contribution in [2.75, 3.05) is 5.32 Å². The van der Waals surface area contributed by atoms with Gasteiger partial charge in [0, 0.05) is 17.3 Å². The number of carbonyl (C=O) groups excluding carboxylic acids is 1. The third kappa shape index (κ3) is 2.38. The normalized spacial score (nSPS) is 10.7. The Morgan fingerprint density at radius 3 is 2.55 bits per heavy atom. The molecule has 0 saturated heterocycles. The molecule has 2 aromatic carbocycles. The summed E-state index contributed by atoms with van der Waals surface area (Å²) in [7, 11) is 0. The number of anilines is 1. The van der Waals surface area contributed by atoms with Gasteiger partial charge in [0.05, 0.1) is 15.7 Å². The Bertz CT molecular complexity index is 775. The monoisotopic (exact) mass is 304 g/mol. The number of benzene rings is 2. The zero-order valence-electron chi connectivity index (χ0n) is 10.3. The second kappa shape index (κ2) is 5.19. The van der Waals surface area contributed by atoms with Crippen molar-refractivity contribution in [1.82, 2.24) is 4.98 Å². The van der Waals surface area contributed by atoms with Crippen LogP contribution < -0.4 is 5.32 Å². The smallest absolute Gasteiger partial charge is 0.255 e. The number of carbonyl (C=O) groups is 1. The molecule has 1 heterocycles. The Labute approximate surface area is 125 Å². The number of para-hydroxylation sites is 1. The van der Waals surface area contributed by atoms with E-state index >= 15 is 0 Å². The molecule has 0 radical (unpaired) electrons. The third-order valence-corrected chi connectivity index (χ3v) is 3.65. The van der Waals surface area contributed by atoms with Crippen molar-refractivity contribution in [3.8, 4) is 0 Å². The van der Waals surface area contributed by atoms with Crippen LogP contribution in [0, 0.1) is 0 Å². The van der Waals surface area contributed by atoms with Crippen molar-refractivity contribution >= 4 is 45.7 Å². The predicted molar refractivity (Wildman–Crippen MR) is 82.7 cm³/mol. The quantitative estimate of drug-likeness (QED) is 0.706. The summed E-state index contributed by atoms with van der Waals surface area (Å²) in [5.41, 5.74) is 1.87. The number of aromatic amines is 1. The first kappa shape index (κ1) is 13.0. The van der Waals surface area contributed by atoms with Crippen LogP contribution in [0.5, 0.6) is 0 Å². The SMILES string of the molecule is O=C(Nc1c(Cl)cccc1Cl)c1ccc2cc[nH]c2c1. The number of nitrogens with one attached hydrogen (secondary N) is 2. The number of halogens is 2. The Kier molecular flexibility index (Phi) is 3.38. The van der Waals surface area contributed by atoms with E-state index in [1.54, 1.807) is 30.3 Å². The van der Waals surface area contributed by atoms with Crippen molar-refractivity contribution in [2.45, 2.75) is 0 Å². The van der Waals surface area contributed by atoms with Crippen LogP contribution >= 0.6 is 23.2 Å². The van der Waals surface area contributed by atoms with E-state index in [1.165, 1.54) is 0 Å². The topological polar surface area (TPSA) is 44.9 Å². The van der Waals surface area contributed by atoms with E-state index < -0.39 is 0 Å². The van der Waals surface area contributed by atoms with E-state index in [0.717, 1.165) is 10.9 Å². The zero-order chi connectivity index (χ0) is 14.1. The molecule has 0 unspecified atom stereocenters. The summed E-state index contributed by atoms with van der Waals surface area (Å²) in [6.07, 6.45) is 1.83. The van der Waals surface area contributed by atoms with Crippen LogP contribution in [0.2, 0.25) is 10.0 Å². The molecule has 0 fully saturated rings. The molecule has 0 aliphatic carbocycles. The fourth-order valence-electron chi connectivity index (χ4n) is 1.99. The second-order valence-corrected chi connectivity index (χ2v) is 5.14. The van der Waals surface area contributed by atoms with E-state index in [2.05, 4.69) is 10.3 Å². The van der Waals surface area contributed by atoms with Gasteiger partial charge in [-0.05, 0) is 35.7 Å². The fraction of sp³-hybridized carbons (Fsp3) is 0. The molecule has 3 rings (SSSR count). The van der Waals surface area contributed by atoms with Gasteiger partial charge in [0.1, 0.15) is 0 Å². The molecule has 3 nitrogen and oxygen atoms in total. The Morgan fingerprint density at radius 2 is 1.80 bits per heavy atom. The van der Waals surface area contributed by atoms with Crippen LogP contribution in [-0.4, -0.2) is 10.9 Å². The van der Waals surface area contributed by atoms with Crippen LogP contribution in [0.25, 0.3) is 10.9 Å². The van der Waals surface area contributed by atoms with Crippen LogP contribution in [0.3, 0.4) is 0 Å². The molecule has 1 amide bonds. The van der Waals surface area contributed by atoms with Gasteiger partial charge in [0.15, 0.2) is 0 Å². The molecule has 0 aliphatic rings. The van der Waals surface area contributed by atoms with Gasteiger partial charge in [0.2, 0.25) is 0 Å². The standard InChI is InChI=1S/C15H10Cl2N2O/c16-11-2-1-3-12(17)14(11)19-15(20)10-5-4-9-6-7-18-13(9)8-10/h1-8,18H,(H,19,20). The highest BCUT2D eigenvalue weighted by molar-refractivity contribution is 6.40. The summed E-state index contributed by atoms with van der Waals surface area (Å²) in [4.78, 5) is 15.3. The van der Waals surface area contributed by atoms with Crippen LogP contribution in [0.4, 0.5) is 5.69 Å². The lowest BCUT2D eigenvalue weighted by Crippen LogP contribution is -2.12. The van der Waals surface area contributed by atoms with Gasteiger partial charge in [-0.15, -0.1) is 0 Å². The van der Waals surface area contributed by atoms with Crippen LogP contribution in [0.1, 0.15) is 10.4 Å². The highest BCUT2D eigenvalue weighted by Crippen LogP contribution is 2.30. The molecule has 5 heteroatoms. The minimum atomic E-state index is -0.253. The summed E-state index contributed by atoms with van der Waals surface area (Å²) in [5.74, 6) is -0.253. The van der Waals surface area contributed by atoms with Gasteiger partial charge in [-0.2, -0.15) is 0 Å². The molecule has 0 spiro atoms. The molecule has 0 aliphatic heterocycles. The first-order valence-electron chi connectivity index (χ1n) is 5.97. The Balaban J connectivity index is 1.92. The summed E-state index contributed by atoms with van der Waals surface area (Å²) < 4.78 is 0. The zero-order valence-corrected chi connectivity index (χ0v) is 11.8. The van der Waals surface area contributed by atoms with Crippen molar-refractivity contribution in [1.29, 1.82) is 0 Å². The maximum atomic E-state index is 12.2. The molecule has 2 N–H and O–H groups in total. The van der Waals surface area contributed by atoms with E-state index in [1.807, 2.05) is 18.3 Å². The molecule has 3 aromatic rings. The van der Waals surface area contributed by atoms with Crippen molar-refractivity contribution in [2.24, 2.45) is 0 Å². The van der Waals surface area contributed by atoms with E-state index in [9.17, 15) is 4.79 Å². The first-order chi connectivity index (χ1) is 9.65. The number of H-pyrrole nitrogens is 1.